The van der Waals surface area contributed by atoms with Crippen LogP contribution >= 0.6 is 22.6 Å². The molecule has 1 atom stereocenters. The molecule has 1 nitrogen and oxygen atoms in total. The molecule has 1 N–H and O–H groups in total. The maximum absolute atomic E-state index is 3.59. The van der Waals surface area contributed by atoms with Crippen molar-refractivity contribution in [1.29, 1.82) is 0 Å². The first kappa shape index (κ1) is 16.5. The number of benzene rings is 2. The SMILES string of the molecule is CCCNCC(Cc1ccc(I)cc1)c1ccccc1C. The fraction of sp³-hybridized carbons (Fsp3) is 0.368. The van der Waals surface area contributed by atoms with Gasteiger partial charge in [-0.2, -0.15) is 0 Å². The molecule has 0 bridgehead atoms. The Bertz CT molecular complexity index is 548. The topological polar surface area (TPSA) is 12.0 Å². The summed E-state index contributed by atoms with van der Waals surface area (Å²) in [6.45, 7) is 6.57. The molecule has 0 fully saturated rings. The van der Waals surface area contributed by atoms with E-state index in [1.807, 2.05) is 0 Å². The number of hydrogen-bond acceptors (Lipinski definition) is 1. The van der Waals surface area contributed by atoms with Crippen LogP contribution in [0, 0.1) is 10.5 Å². The van der Waals surface area contributed by atoms with Gasteiger partial charge in [0.25, 0.3) is 0 Å². The lowest BCUT2D eigenvalue weighted by atomic mass is 9.89. The van der Waals surface area contributed by atoms with Crippen molar-refractivity contribution in [3.05, 3.63) is 68.8 Å². The highest BCUT2D eigenvalue weighted by Gasteiger charge is 2.14. The quantitative estimate of drug-likeness (QED) is 0.520. The molecule has 2 rings (SSSR count). The normalized spacial score (nSPS) is 12.3. The van der Waals surface area contributed by atoms with Crippen LogP contribution in [0.25, 0.3) is 0 Å². The van der Waals surface area contributed by atoms with Gasteiger partial charge in [-0.25, -0.2) is 0 Å². The molecule has 112 valence electrons. The van der Waals surface area contributed by atoms with Gasteiger partial charge < -0.3 is 5.32 Å². The minimum absolute atomic E-state index is 0.540. The zero-order valence-electron chi connectivity index (χ0n) is 12.9. The number of rotatable bonds is 7. The van der Waals surface area contributed by atoms with Gasteiger partial charge in [-0.1, -0.05) is 43.3 Å². The summed E-state index contributed by atoms with van der Waals surface area (Å²) in [7, 11) is 0. The third-order valence-corrected chi connectivity index (χ3v) is 4.56. The van der Waals surface area contributed by atoms with Crippen molar-refractivity contribution in [3.63, 3.8) is 0 Å². The Morgan fingerprint density at radius 1 is 1.05 bits per heavy atom. The van der Waals surface area contributed by atoms with E-state index < -0.39 is 0 Å². The van der Waals surface area contributed by atoms with Gasteiger partial charge in [0.2, 0.25) is 0 Å². The second-order valence-electron chi connectivity index (χ2n) is 5.59. The van der Waals surface area contributed by atoms with Gasteiger partial charge in [0.1, 0.15) is 0 Å². The van der Waals surface area contributed by atoms with Crippen molar-refractivity contribution < 1.29 is 0 Å². The largest absolute Gasteiger partial charge is 0.316 e. The fourth-order valence-corrected chi connectivity index (χ4v) is 3.05. The molecule has 2 aromatic carbocycles. The Labute approximate surface area is 142 Å². The summed E-state index contributed by atoms with van der Waals surface area (Å²) in [5.41, 5.74) is 4.29. The monoisotopic (exact) mass is 393 g/mol. The van der Waals surface area contributed by atoms with Gasteiger partial charge in [0.15, 0.2) is 0 Å². The van der Waals surface area contributed by atoms with E-state index in [1.54, 1.807) is 0 Å². The molecule has 0 spiro atoms. The molecule has 2 heteroatoms. The van der Waals surface area contributed by atoms with Gasteiger partial charge in [-0.15, -0.1) is 0 Å². The van der Waals surface area contributed by atoms with Crippen LogP contribution in [0.5, 0.6) is 0 Å². The second-order valence-corrected chi connectivity index (χ2v) is 6.83. The highest BCUT2D eigenvalue weighted by molar-refractivity contribution is 14.1. The van der Waals surface area contributed by atoms with Crippen LogP contribution in [-0.4, -0.2) is 13.1 Å². The third-order valence-electron chi connectivity index (χ3n) is 3.84. The first-order valence-corrected chi connectivity index (χ1v) is 8.79. The van der Waals surface area contributed by atoms with Crippen molar-refractivity contribution in [2.75, 3.05) is 13.1 Å². The van der Waals surface area contributed by atoms with Gasteiger partial charge in [0, 0.05) is 16.0 Å². The second kappa shape index (κ2) is 8.54. The summed E-state index contributed by atoms with van der Waals surface area (Å²) < 4.78 is 1.30. The van der Waals surface area contributed by atoms with E-state index >= 15 is 0 Å². The van der Waals surface area contributed by atoms with E-state index in [9.17, 15) is 0 Å². The van der Waals surface area contributed by atoms with Crippen LogP contribution in [0.3, 0.4) is 0 Å². The predicted octanol–water partition coefficient (Wildman–Crippen LogP) is 4.93. The maximum Gasteiger partial charge on any atom is 0.0130 e. The molecule has 0 aliphatic carbocycles. The Hall–Kier alpha value is -0.870. The number of nitrogens with one attached hydrogen (secondary N) is 1. The zero-order valence-corrected chi connectivity index (χ0v) is 15.1. The van der Waals surface area contributed by atoms with E-state index in [1.165, 1.54) is 26.7 Å². The number of halogens is 1. The van der Waals surface area contributed by atoms with Crippen LogP contribution < -0.4 is 5.32 Å². The molecule has 0 amide bonds. The predicted molar refractivity (Wildman–Crippen MR) is 99.9 cm³/mol. The lowest BCUT2D eigenvalue weighted by Crippen LogP contribution is -2.24. The maximum atomic E-state index is 3.59. The van der Waals surface area contributed by atoms with Crippen molar-refractivity contribution in [3.8, 4) is 0 Å². The molecule has 0 saturated carbocycles. The average Bonchev–Trinajstić information content (AvgIpc) is 2.49. The first-order chi connectivity index (χ1) is 10.2. The van der Waals surface area contributed by atoms with Gasteiger partial charge in [0.05, 0.1) is 0 Å². The fourth-order valence-electron chi connectivity index (χ4n) is 2.70. The third kappa shape index (κ3) is 5.11. The minimum atomic E-state index is 0.540. The molecule has 21 heavy (non-hydrogen) atoms. The van der Waals surface area contributed by atoms with Gasteiger partial charge in [-0.3, -0.25) is 0 Å². The van der Waals surface area contributed by atoms with E-state index in [2.05, 4.69) is 90.3 Å². The Morgan fingerprint density at radius 2 is 1.76 bits per heavy atom. The number of aryl methyl sites for hydroxylation is 1. The molecule has 1 unspecified atom stereocenters. The Morgan fingerprint density at radius 3 is 2.43 bits per heavy atom. The smallest absolute Gasteiger partial charge is 0.0130 e. The summed E-state index contributed by atoms with van der Waals surface area (Å²) in [6, 6.07) is 17.7. The highest BCUT2D eigenvalue weighted by atomic mass is 127. The van der Waals surface area contributed by atoms with Crippen molar-refractivity contribution in [2.45, 2.75) is 32.6 Å². The van der Waals surface area contributed by atoms with Crippen molar-refractivity contribution in [2.24, 2.45) is 0 Å². The molecule has 0 aromatic heterocycles. The summed E-state index contributed by atoms with van der Waals surface area (Å²) in [5, 5.41) is 3.59. The molecule has 0 radical (unpaired) electrons. The van der Waals surface area contributed by atoms with E-state index in [-0.39, 0.29) is 0 Å². The van der Waals surface area contributed by atoms with Gasteiger partial charge >= 0.3 is 0 Å². The molecule has 0 aliphatic heterocycles. The van der Waals surface area contributed by atoms with E-state index in [0.717, 1.165) is 19.5 Å². The standard InChI is InChI=1S/C19H24IN/c1-3-12-21-14-17(19-7-5-4-6-15(19)2)13-16-8-10-18(20)11-9-16/h4-11,17,21H,3,12-14H2,1-2H3. The summed E-state index contributed by atoms with van der Waals surface area (Å²) in [5.74, 6) is 0.540. The average molecular weight is 393 g/mol. The molecule has 0 heterocycles. The minimum Gasteiger partial charge on any atom is -0.316 e. The molecular weight excluding hydrogens is 369 g/mol. The summed E-state index contributed by atoms with van der Waals surface area (Å²) in [4.78, 5) is 0. The van der Waals surface area contributed by atoms with E-state index in [4.69, 9.17) is 0 Å². The van der Waals surface area contributed by atoms with Crippen LogP contribution in [0.15, 0.2) is 48.5 Å². The van der Waals surface area contributed by atoms with Crippen molar-refractivity contribution in [1.82, 2.24) is 5.32 Å². The lowest BCUT2D eigenvalue weighted by molar-refractivity contribution is 0.575. The lowest BCUT2D eigenvalue weighted by Gasteiger charge is -2.20. The first-order valence-electron chi connectivity index (χ1n) is 7.71. The Kier molecular flexibility index (Phi) is 6.71. The Balaban J connectivity index is 2.15. The molecular formula is C19H24IN. The van der Waals surface area contributed by atoms with E-state index in [0.29, 0.717) is 5.92 Å². The van der Waals surface area contributed by atoms with Crippen LogP contribution in [0.1, 0.15) is 36.0 Å². The zero-order chi connectivity index (χ0) is 15.1. The van der Waals surface area contributed by atoms with Crippen LogP contribution in [0.2, 0.25) is 0 Å². The molecule has 2 aromatic rings. The highest BCUT2D eigenvalue weighted by Crippen LogP contribution is 2.24. The molecule has 0 aliphatic rings. The van der Waals surface area contributed by atoms with Crippen LogP contribution in [-0.2, 0) is 6.42 Å². The van der Waals surface area contributed by atoms with Crippen LogP contribution in [0.4, 0.5) is 0 Å². The number of hydrogen-bond donors (Lipinski definition) is 1. The van der Waals surface area contributed by atoms with Crippen molar-refractivity contribution >= 4 is 22.6 Å². The molecule has 0 saturated heterocycles. The van der Waals surface area contributed by atoms with Gasteiger partial charge in [-0.05, 0) is 77.7 Å². The summed E-state index contributed by atoms with van der Waals surface area (Å²) in [6.07, 6.45) is 2.28. The summed E-state index contributed by atoms with van der Waals surface area (Å²) >= 11 is 2.36.